The van der Waals surface area contributed by atoms with E-state index in [-0.39, 0.29) is 18.6 Å². The van der Waals surface area contributed by atoms with Gasteiger partial charge in [-0.15, -0.1) is 11.3 Å². The number of benzene rings is 2. The number of thiophene rings is 1. The highest BCUT2D eigenvalue weighted by Gasteiger charge is 2.38. The van der Waals surface area contributed by atoms with Gasteiger partial charge < -0.3 is 14.4 Å². The zero-order chi connectivity index (χ0) is 28.2. The third-order valence-corrected chi connectivity index (χ3v) is 9.99. The minimum atomic E-state index is -0.418. The molecule has 7 nitrogen and oxygen atoms in total. The van der Waals surface area contributed by atoms with E-state index < -0.39 is 5.41 Å². The van der Waals surface area contributed by atoms with Gasteiger partial charge in [0.2, 0.25) is 5.91 Å². The molecule has 1 aromatic heterocycles. The predicted molar refractivity (Wildman–Crippen MR) is 165 cm³/mol. The Morgan fingerprint density at radius 3 is 2.63 bits per heavy atom. The topological polar surface area (TPSA) is 62.3 Å². The van der Waals surface area contributed by atoms with E-state index in [9.17, 15) is 9.59 Å². The number of ether oxygens (including phenoxy) is 2. The maximum absolute atomic E-state index is 12.8. The average molecular weight is 576 g/mol. The Labute approximate surface area is 247 Å². The monoisotopic (exact) mass is 575 g/mol. The summed E-state index contributed by atoms with van der Waals surface area (Å²) in [6, 6.07) is 14.8. The van der Waals surface area contributed by atoms with E-state index in [4.69, 9.17) is 9.47 Å². The number of unbranched alkanes of at least 4 members (excludes halogenated alkanes) is 1. The van der Waals surface area contributed by atoms with E-state index in [0.29, 0.717) is 19.4 Å². The van der Waals surface area contributed by atoms with Gasteiger partial charge in [0.25, 0.3) is 0 Å². The van der Waals surface area contributed by atoms with E-state index in [1.54, 1.807) is 4.90 Å². The Hall–Kier alpha value is -3.10. The summed E-state index contributed by atoms with van der Waals surface area (Å²) in [6.45, 7) is 7.96. The fraction of sp³-hybridized carbons (Fsp3) is 0.515. The molecule has 0 spiro atoms. The molecule has 218 valence electrons. The van der Waals surface area contributed by atoms with Gasteiger partial charge in [0.15, 0.2) is 6.73 Å². The predicted octanol–water partition coefficient (Wildman–Crippen LogP) is 6.24. The summed E-state index contributed by atoms with van der Waals surface area (Å²) in [7, 11) is 0. The highest BCUT2D eigenvalue weighted by molar-refractivity contribution is 7.17. The molecule has 41 heavy (non-hydrogen) atoms. The maximum Gasteiger partial charge on any atom is 0.313 e. The Balaban J connectivity index is 0.951. The highest BCUT2D eigenvalue weighted by atomic mass is 32.1. The van der Waals surface area contributed by atoms with E-state index in [1.165, 1.54) is 15.8 Å². The standard InChI is InChI=1S/C33H41N3O4S/c1-33(14-2-3-15-33)32(38)40-24-36-29-23-26(11-9-25(29)10-12-31(36)37)39-21-5-4-16-34-17-19-35(20-18-34)28-7-6-8-30-27(28)13-22-41-30/h6-9,11,13,22-23H,2-5,10,12,14-21,24H2,1H3. The summed E-state index contributed by atoms with van der Waals surface area (Å²) in [5, 5.41) is 3.55. The number of nitrogens with zero attached hydrogens (tertiary/aromatic N) is 3. The first kappa shape index (κ1) is 28.0. The van der Waals surface area contributed by atoms with Gasteiger partial charge in [0.1, 0.15) is 5.75 Å². The summed E-state index contributed by atoms with van der Waals surface area (Å²) in [5.41, 5.74) is 2.84. The van der Waals surface area contributed by atoms with Crippen LogP contribution in [0.15, 0.2) is 47.8 Å². The smallest absolute Gasteiger partial charge is 0.313 e. The third-order valence-electron chi connectivity index (χ3n) is 9.10. The normalized spacial score (nSPS) is 19.0. The van der Waals surface area contributed by atoms with Gasteiger partial charge in [-0.25, -0.2) is 0 Å². The second-order valence-corrected chi connectivity index (χ2v) is 12.9. The van der Waals surface area contributed by atoms with Crippen molar-refractivity contribution >= 4 is 44.7 Å². The minimum Gasteiger partial charge on any atom is -0.494 e. The number of anilines is 2. The molecule has 1 aliphatic carbocycles. The van der Waals surface area contributed by atoms with Crippen molar-refractivity contribution in [1.29, 1.82) is 0 Å². The zero-order valence-electron chi connectivity index (χ0n) is 24.1. The Morgan fingerprint density at radius 2 is 1.80 bits per heavy atom. The first-order chi connectivity index (χ1) is 20.0. The summed E-state index contributed by atoms with van der Waals surface area (Å²) < 4.78 is 13.1. The molecule has 0 unspecified atom stereocenters. The summed E-state index contributed by atoms with van der Waals surface area (Å²) in [6.07, 6.45) is 7.03. The van der Waals surface area contributed by atoms with Crippen LogP contribution in [0, 0.1) is 5.41 Å². The van der Waals surface area contributed by atoms with Crippen molar-refractivity contribution in [2.24, 2.45) is 5.41 Å². The first-order valence-corrected chi connectivity index (χ1v) is 16.0. The van der Waals surface area contributed by atoms with Crippen LogP contribution in [-0.4, -0.2) is 62.8 Å². The Kier molecular flexibility index (Phi) is 8.49. The molecule has 8 heteroatoms. The number of aryl methyl sites for hydroxylation is 1. The van der Waals surface area contributed by atoms with Gasteiger partial charge in [-0.3, -0.25) is 19.4 Å². The van der Waals surface area contributed by atoms with Crippen LogP contribution in [0.2, 0.25) is 0 Å². The van der Waals surface area contributed by atoms with Crippen molar-refractivity contribution < 1.29 is 19.1 Å². The number of carbonyl (C=O) groups excluding carboxylic acids is 2. The Morgan fingerprint density at radius 1 is 0.976 bits per heavy atom. The molecule has 2 aliphatic heterocycles. The van der Waals surface area contributed by atoms with Gasteiger partial charge >= 0.3 is 5.97 Å². The SMILES string of the molecule is CC1(C(=O)OCN2C(=O)CCc3ccc(OCCCCN4CCN(c5cccc6sccc56)CC4)cc32)CCCC1. The fourth-order valence-corrected chi connectivity index (χ4v) is 7.31. The van der Waals surface area contributed by atoms with Crippen LogP contribution in [0.25, 0.3) is 10.1 Å². The lowest BCUT2D eigenvalue weighted by Gasteiger charge is -2.36. The summed E-state index contributed by atoms with van der Waals surface area (Å²) in [5.74, 6) is 0.559. The number of esters is 1. The molecule has 3 aromatic rings. The van der Waals surface area contributed by atoms with Crippen LogP contribution in [0.5, 0.6) is 5.75 Å². The molecule has 0 bridgehead atoms. The third kappa shape index (κ3) is 6.24. The van der Waals surface area contributed by atoms with Crippen LogP contribution in [0.3, 0.4) is 0 Å². The fourth-order valence-electron chi connectivity index (χ4n) is 6.50. The van der Waals surface area contributed by atoms with Crippen LogP contribution >= 0.6 is 11.3 Å². The van der Waals surface area contributed by atoms with Gasteiger partial charge in [-0.05, 0) is 80.8 Å². The Bertz CT molecular complexity index is 1370. The number of hydrogen-bond acceptors (Lipinski definition) is 7. The van der Waals surface area contributed by atoms with Crippen molar-refractivity contribution in [3.8, 4) is 5.75 Å². The van der Waals surface area contributed by atoms with E-state index in [1.807, 2.05) is 36.5 Å². The minimum absolute atomic E-state index is 0.00822. The second kappa shape index (κ2) is 12.4. The van der Waals surface area contributed by atoms with Gasteiger partial charge in [-0.2, -0.15) is 0 Å². The molecule has 1 saturated carbocycles. The molecule has 3 aliphatic rings. The summed E-state index contributed by atoms with van der Waals surface area (Å²) >= 11 is 1.81. The molecule has 0 N–H and O–H groups in total. The molecule has 1 saturated heterocycles. The molecule has 2 aromatic carbocycles. The lowest BCUT2D eigenvalue weighted by molar-refractivity contribution is -0.154. The number of piperazine rings is 1. The van der Waals surface area contributed by atoms with Crippen LogP contribution < -0.4 is 14.5 Å². The molecular weight excluding hydrogens is 534 g/mol. The molecule has 0 atom stereocenters. The van der Waals surface area contributed by atoms with Crippen LogP contribution in [0.4, 0.5) is 11.4 Å². The number of fused-ring (bicyclic) bond motifs is 2. The molecule has 3 heterocycles. The van der Waals surface area contributed by atoms with E-state index in [2.05, 4.69) is 39.4 Å². The number of hydrogen-bond donors (Lipinski definition) is 0. The molecule has 1 amide bonds. The van der Waals surface area contributed by atoms with Crippen molar-refractivity contribution in [2.75, 3.05) is 55.9 Å². The van der Waals surface area contributed by atoms with Crippen LogP contribution in [0.1, 0.15) is 57.4 Å². The number of carbonyl (C=O) groups is 2. The van der Waals surface area contributed by atoms with Crippen molar-refractivity contribution in [2.45, 2.75) is 58.3 Å². The van der Waals surface area contributed by atoms with Gasteiger partial charge in [0.05, 0.1) is 17.7 Å². The van der Waals surface area contributed by atoms with E-state index >= 15 is 0 Å². The second-order valence-electron chi connectivity index (χ2n) is 11.9. The number of amides is 1. The molecule has 6 rings (SSSR count). The van der Waals surface area contributed by atoms with Gasteiger partial charge in [0, 0.05) is 54.4 Å². The quantitative estimate of drug-likeness (QED) is 0.211. The lowest BCUT2D eigenvalue weighted by Crippen LogP contribution is -2.46. The number of rotatable bonds is 10. The van der Waals surface area contributed by atoms with Crippen molar-refractivity contribution in [1.82, 2.24) is 4.90 Å². The van der Waals surface area contributed by atoms with Crippen molar-refractivity contribution in [3.63, 3.8) is 0 Å². The average Bonchev–Trinajstić information content (AvgIpc) is 3.66. The lowest BCUT2D eigenvalue weighted by atomic mass is 9.89. The zero-order valence-corrected chi connectivity index (χ0v) is 24.9. The van der Waals surface area contributed by atoms with Crippen molar-refractivity contribution in [3.05, 3.63) is 53.4 Å². The summed E-state index contributed by atoms with van der Waals surface area (Å²) in [4.78, 5) is 32.2. The van der Waals surface area contributed by atoms with E-state index in [0.717, 1.165) is 88.2 Å². The highest BCUT2D eigenvalue weighted by Crippen LogP contribution is 2.39. The van der Waals surface area contributed by atoms with Crippen LogP contribution in [-0.2, 0) is 20.7 Å². The van der Waals surface area contributed by atoms with Gasteiger partial charge in [-0.1, -0.05) is 25.0 Å². The molecule has 0 radical (unpaired) electrons. The largest absolute Gasteiger partial charge is 0.494 e. The first-order valence-electron chi connectivity index (χ1n) is 15.2. The maximum atomic E-state index is 12.8. The molecule has 2 fully saturated rings. The molecular formula is C33H41N3O4S.